The predicted molar refractivity (Wildman–Crippen MR) is 107 cm³/mol. The number of nitrogens with zero attached hydrogens (tertiary/aromatic N) is 2. The Hall–Kier alpha value is -3.86. The van der Waals surface area contributed by atoms with Crippen molar-refractivity contribution in [2.24, 2.45) is 4.99 Å². The van der Waals surface area contributed by atoms with E-state index in [0.29, 0.717) is 23.0 Å². The molecule has 0 fully saturated rings. The Bertz CT molecular complexity index is 1110. The Morgan fingerprint density at radius 2 is 1.57 bits per heavy atom. The minimum atomic E-state index is -0.164. The normalized spacial score (nSPS) is 16.6. The van der Waals surface area contributed by atoms with Gasteiger partial charge in [-0.1, -0.05) is 54.6 Å². The van der Waals surface area contributed by atoms with Gasteiger partial charge in [0.15, 0.2) is 11.5 Å². The second kappa shape index (κ2) is 6.70. The number of carbonyl (C=O) groups is 1. The quantitative estimate of drug-likeness (QED) is 0.650. The van der Waals surface area contributed by atoms with Gasteiger partial charge in [0.25, 0.3) is 5.91 Å². The molecule has 0 spiro atoms. The molecule has 5 rings (SSSR count). The molecular formula is C23H16N2O3. The van der Waals surface area contributed by atoms with Crippen molar-refractivity contribution in [3.63, 3.8) is 0 Å². The van der Waals surface area contributed by atoms with Crippen LogP contribution in [-0.4, -0.2) is 18.5 Å². The van der Waals surface area contributed by atoms with Crippen LogP contribution in [0, 0.1) is 0 Å². The van der Waals surface area contributed by atoms with E-state index in [1.807, 2.05) is 78.9 Å². The zero-order valence-electron chi connectivity index (χ0n) is 14.9. The molecular weight excluding hydrogens is 352 g/mol. The van der Waals surface area contributed by atoms with Crippen LogP contribution in [0.4, 0.5) is 5.69 Å². The third-order valence-electron chi connectivity index (χ3n) is 4.61. The lowest BCUT2D eigenvalue weighted by Crippen LogP contribution is -2.32. The van der Waals surface area contributed by atoms with Gasteiger partial charge in [-0.05, 0) is 35.9 Å². The van der Waals surface area contributed by atoms with Crippen LogP contribution in [0.5, 0.6) is 11.5 Å². The van der Waals surface area contributed by atoms with E-state index in [1.165, 1.54) is 0 Å². The third-order valence-corrected chi connectivity index (χ3v) is 4.61. The molecule has 28 heavy (non-hydrogen) atoms. The highest BCUT2D eigenvalue weighted by molar-refractivity contribution is 6.33. The molecule has 0 aromatic heterocycles. The lowest BCUT2D eigenvalue weighted by molar-refractivity contribution is -0.113. The number of amidine groups is 1. The van der Waals surface area contributed by atoms with Crippen LogP contribution in [0.2, 0.25) is 0 Å². The van der Waals surface area contributed by atoms with E-state index < -0.39 is 0 Å². The van der Waals surface area contributed by atoms with Gasteiger partial charge in [-0.15, -0.1) is 0 Å². The molecule has 0 atom stereocenters. The number of para-hydroxylation sites is 1. The largest absolute Gasteiger partial charge is 0.454 e. The molecule has 3 aromatic carbocycles. The summed E-state index contributed by atoms with van der Waals surface area (Å²) in [7, 11) is 0. The minimum absolute atomic E-state index is 0.164. The van der Waals surface area contributed by atoms with Crippen molar-refractivity contribution in [2.45, 2.75) is 0 Å². The first-order chi connectivity index (χ1) is 13.8. The second-order valence-electron chi connectivity index (χ2n) is 6.42. The average molecular weight is 368 g/mol. The molecule has 0 radical (unpaired) electrons. The molecule has 0 bridgehead atoms. The number of carbonyl (C=O) groups excluding carboxylic acids is 1. The predicted octanol–water partition coefficient (Wildman–Crippen LogP) is 4.25. The minimum Gasteiger partial charge on any atom is -0.454 e. The highest BCUT2D eigenvalue weighted by Crippen LogP contribution is 2.34. The van der Waals surface area contributed by atoms with Crippen molar-refractivity contribution in [1.82, 2.24) is 0 Å². The maximum Gasteiger partial charge on any atom is 0.282 e. The number of aliphatic imine (C=N–C) groups is 1. The molecule has 0 saturated carbocycles. The summed E-state index contributed by atoms with van der Waals surface area (Å²) in [5, 5.41) is 0. The first-order valence-electron chi connectivity index (χ1n) is 8.94. The highest BCUT2D eigenvalue weighted by atomic mass is 16.7. The number of fused-ring (bicyclic) bond motifs is 1. The summed E-state index contributed by atoms with van der Waals surface area (Å²) in [6.07, 6.45) is 1.77. The van der Waals surface area contributed by atoms with Gasteiger partial charge in [0.05, 0.1) is 5.69 Å². The molecule has 3 aromatic rings. The Morgan fingerprint density at radius 1 is 0.857 bits per heavy atom. The van der Waals surface area contributed by atoms with Crippen LogP contribution in [0.3, 0.4) is 0 Å². The molecule has 1 amide bonds. The second-order valence-corrected chi connectivity index (χ2v) is 6.42. The maximum absolute atomic E-state index is 13.2. The fraction of sp³-hybridized carbons (Fsp3) is 0.0435. The Balaban J connectivity index is 1.59. The van der Waals surface area contributed by atoms with E-state index in [-0.39, 0.29) is 12.7 Å². The van der Waals surface area contributed by atoms with Gasteiger partial charge in [-0.2, -0.15) is 0 Å². The molecule has 0 saturated heterocycles. The summed E-state index contributed by atoms with van der Waals surface area (Å²) in [5.74, 6) is 1.83. The summed E-state index contributed by atoms with van der Waals surface area (Å²) in [6, 6.07) is 24.8. The summed E-state index contributed by atoms with van der Waals surface area (Å²) < 4.78 is 10.8. The summed E-state index contributed by atoms with van der Waals surface area (Å²) in [6.45, 7) is 0.215. The van der Waals surface area contributed by atoms with Crippen LogP contribution >= 0.6 is 0 Å². The molecule has 2 aliphatic heterocycles. The third kappa shape index (κ3) is 2.83. The molecule has 0 unspecified atom stereocenters. The van der Waals surface area contributed by atoms with E-state index in [0.717, 1.165) is 16.8 Å². The van der Waals surface area contributed by atoms with Gasteiger partial charge in [-0.3, -0.25) is 9.69 Å². The zero-order chi connectivity index (χ0) is 18.9. The average Bonchev–Trinajstić information content (AvgIpc) is 3.34. The van der Waals surface area contributed by atoms with E-state index >= 15 is 0 Å². The monoisotopic (exact) mass is 368 g/mol. The van der Waals surface area contributed by atoms with Gasteiger partial charge in [0.2, 0.25) is 6.79 Å². The smallest absolute Gasteiger partial charge is 0.282 e. The number of hydrogen-bond donors (Lipinski definition) is 0. The summed E-state index contributed by atoms with van der Waals surface area (Å²) >= 11 is 0. The Kier molecular flexibility index (Phi) is 3.91. The molecule has 2 aliphatic rings. The van der Waals surface area contributed by atoms with Crippen LogP contribution in [0.1, 0.15) is 11.1 Å². The van der Waals surface area contributed by atoms with E-state index in [1.54, 1.807) is 11.0 Å². The van der Waals surface area contributed by atoms with Crippen molar-refractivity contribution in [3.05, 3.63) is 95.7 Å². The van der Waals surface area contributed by atoms with Crippen LogP contribution in [-0.2, 0) is 4.79 Å². The van der Waals surface area contributed by atoms with Crippen molar-refractivity contribution >= 4 is 23.5 Å². The first kappa shape index (κ1) is 16.3. The number of anilines is 1. The molecule has 0 N–H and O–H groups in total. The first-order valence-corrected chi connectivity index (χ1v) is 8.94. The topological polar surface area (TPSA) is 51.1 Å². The van der Waals surface area contributed by atoms with Crippen LogP contribution in [0.25, 0.3) is 6.08 Å². The molecule has 136 valence electrons. The van der Waals surface area contributed by atoms with Gasteiger partial charge in [-0.25, -0.2) is 4.99 Å². The van der Waals surface area contributed by atoms with Crippen molar-refractivity contribution in [2.75, 3.05) is 11.7 Å². The molecule has 2 heterocycles. The summed E-state index contributed by atoms with van der Waals surface area (Å²) in [4.78, 5) is 19.5. The number of amides is 1. The lowest BCUT2D eigenvalue weighted by Gasteiger charge is -2.18. The number of rotatable bonds is 3. The van der Waals surface area contributed by atoms with Gasteiger partial charge < -0.3 is 9.47 Å². The van der Waals surface area contributed by atoms with E-state index in [4.69, 9.17) is 9.47 Å². The van der Waals surface area contributed by atoms with Gasteiger partial charge in [0, 0.05) is 5.56 Å². The van der Waals surface area contributed by atoms with E-state index in [2.05, 4.69) is 4.99 Å². The standard InChI is InChI=1S/C23H16N2O3/c26-23-19(13-16-11-12-20-21(14-16)28-15-27-20)24-22(17-7-3-1-4-8-17)25(23)18-9-5-2-6-10-18/h1-14H,15H2. The number of benzene rings is 3. The number of hydrogen-bond acceptors (Lipinski definition) is 4. The Morgan fingerprint density at radius 3 is 2.36 bits per heavy atom. The lowest BCUT2D eigenvalue weighted by atomic mass is 10.1. The molecule has 0 aliphatic carbocycles. The molecule has 5 nitrogen and oxygen atoms in total. The highest BCUT2D eigenvalue weighted by Gasteiger charge is 2.32. The van der Waals surface area contributed by atoms with Crippen molar-refractivity contribution in [1.29, 1.82) is 0 Å². The number of ether oxygens (including phenoxy) is 2. The van der Waals surface area contributed by atoms with Gasteiger partial charge >= 0.3 is 0 Å². The van der Waals surface area contributed by atoms with Crippen LogP contribution < -0.4 is 14.4 Å². The fourth-order valence-corrected chi connectivity index (χ4v) is 3.27. The maximum atomic E-state index is 13.2. The van der Waals surface area contributed by atoms with Crippen molar-refractivity contribution < 1.29 is 14.3 Å². The SMILES string of the molecule is O=C1C(=Cc2ccc3c(c2)OCO3)N=C(c2ccccc2)N1c1ccccc1. The summed E-state index contributed by atoms with van der Waals surface area (Å²) in [5.41, 5.74) is 2.87. The van der Waals surface area contributed by atoms with Crippen LogP contribution in [0.15, 0.2) is 89.6 Å². The zero-order valence-corrected chi connectivity index (χ0v) is 14.9. The van der Waals surface area contributed by atoms with Gasteiger partial charge in [0.1, 0.15) is 11.5 Å². The van der Waals surface area contributed by atoms with Crippen molar-refractivity contribution in [3.8, 4) is 11.5 Å². The Labute approximate surface area is 162 Å². The van der Waals surface area contributed by atoms with E-state index in [9.17, 15) is 4.79 Å². The fourth-order valence-electron chi connectivity index (χ4n) is 3.27. The molecule has 5 heteroatoms.